The minimum absolute atomic E-state index is 0.398. The number of carbonyl (C=O) groups is 1. The summed E-state index contributed by atoms with van der Waals surface area (Å²) in [5, 5.41) is 0. The van der Waals surface area contributed by atoms with Crippen LogP contribution < -0.4 is 9.47 Å². The largest absolute Gasteiger partial charge is 0.494 e. The first kappa shape index (κ1) is 22.3. The van der Waals surface area contributed by atoms with Crippen LogP contribution in [-0.2, 0) is 0 Å². The maximum atomic E-state index is 12.3. The van der Waals surface area contributed by atoms with Crippen LogP contribution in [0.15, 0.2) is 77.8 Å². The number of benzene rings is 3. The molecule has 0 aliphatic rings. The third-order valence-corrected chi connectivity index (χ3v) is 5.09. The highest BCUT2D eigenvalue weighted by molar-refractivity contribution is 5.91. The fraction of sp³-hybridized carbons (Fsp3) is 0.259. The molecule has 1 atom stereocenters. The van der Waals surface area contributed by atoms with Gasteiger partial charge in [0.05, 0.1) is 17.9 Å². The van der Waals surface area contributed by atoms with Gasteiger partial charge in [0.1, 0.15) is 11.5 Å². The molecular formula is C27H29NO3. The smallest absolute Gasteiger partial charge is 0.343 e. The molecule has 4 nitrogen and oxygen atoms in total. The molecule has 0 unspecified atom stereocenters. The minimum Gasteiger partial charge on any atom is -0.494 e. The molecule has 31 heavy (non-hydrogen) atoms. The van der Waals surface area contributed by atoms with Crippen molar-refractivity contribution in [1.29, 1.82) is 0 Å². The van der Waals surface area contributed by atoms with Gasteiger partial charge in [0, 0.05) is 6.21 Å². The molecule has 0 heterocycles. The lowest BCUT2D eigenvalue weighted by atomic mass is 9.99. The molecule has 0 aromatic heterocycles. The van der Waals surface area contributed by atoms with E-state index in [9.17, 15) is 4.79 Å². The summed E-state index contributed by atoms with van der Waals surface area (Å²) in [6, 6.07) is 22.6. The van der Waals surface area contributed by atoms with Crippen LogP contribution in [0.5, 0.6) is 11.5 Å². The third-order valence-electron chi connectivity index (χ3n) is 5.09. The first-order chi connectivity index (χ1) is 15.1. The SMILES string of the molecule is CCCOc1ccc(C(=O)Oc2ccc(C=Nc3ccc([C@@H](C)CC)cc3)cc2)cc1. The molecule has 0 saturated carbocycles. The Morgan fingerprint density at radius 1 is 0.903 bits per heavy atom. The molecule has 0 fully saturated rings. The van der Waals surface area contributed by atoms with Crippen molar-refractivity contribution in [3.05, 3.63) is 89.5 Å². The van der Waals surface area contributed by atoms with Crippen LogP contribution in [0.4, 0.5) is 5.69 Å². The molecule has 4 heteroatoms. The van der Waals surface area contributed by atoms with E-state index >= 15 is 0 Å². The monoisotopic (exact) mass is 415 g/mol. The topological polar surface area (TPSA) is 47.9 Å². The lowest BCUT2D eigenvalue weighted by molar-refractivity contribution is 0.0734. The maximum absolute atomic E-state index is 12.3. The molecule has 3 aromatic carbocycles. The second-order valence-corrected chi connectivity index (χ2v) is 7.49. The number of carbonyl (C=O) groups excluding carboxylic acids is 1. The van der Waals surface area contributed by atoms with Crippen LogP contribution in [0.1, 0.15) is 61.0 Å². The zero-order valence-corrected chi connectivity index (χ0v) is 18.4. The van der Waals surface area contributed by atoms with E-state index in [0.29, 0.717) is 23.8 Å². The Labute approximate surface area is 184 Å². The lowest BCUT2D eigenvalue weighted by Gasteiger charge is -2.08. The molecule has 3 aromatic rings. The van der Waals surface area contributed by atoms with Gasteiger partial charge in [0.15, 0.2) is 0 Å². The zero-order valence-electron chi connectivity index (χ0n) is 18.4. The van der Waals surface area contributed by atoms with Crippen molar-refractivity contribution >= 4 is 17.9 Å². The van der Waals surface area contributed by atoms with E-state index in [1.54, 1.807) is 42.6 Å². The van der Waals surface area contributed by atoms with E-state index in [1.165, 1.54) is 5.56 Å². The fourth-order valence-electron chi connectivity index (χ4n) is 2.97. The number of rotatable bonds is 9. The van der Waals surface area contributed by atoms with Gasteiger partial charge in [-0.25, -0.2) is 4.79 Å². The van der Waals surface area contributed by atoms with Crippen molar-refractivity contribution in [3.8, 4) is 11.5 Å². The maximum Gasteiger partial charge on any atom is 0.343 e. The van der Waals surface area contributed by atoms with Crippen molar-refractivity contribution in [1.82, 2.24) is 0 Å². The van der Waals surface area contributed by atoms with Gasteiger partial charge < -0.3 is 9.47 Å². The number of aliphatic imine (C=N–C) groups is 1. The standard InChI is InChI=1S/C27H29NO3/c1-4-18-30-25-16-10-23(11-17-25)27(29)31-26-14-6-21(7-15-26)19-28-24-12-8-22(9-13-24)20(3)5-2/h6-17,19-20H,4-5,18H2,1-3H3/t20-/m0/s1. The number of hydrogen-bond donors (Lipinski definition) is 0. The second-order valence-electron chi connectivity index (χ2n) is 7.49. The van der Waals surface area contributed by atoms with Crippen molar-refractivity contribution in [2.24, 2.45) is 4.99 Å². The average Bonchev–Trinajstić information content (AvgIpc) is 2.82. The number of nitrogens with zero attached hydrogens (tertiary/aromatic N) is 1. The van der Waals surface area contributed by atoms with Crippen molar-refractivity contribution in [2.45, 2.75) is 39.5 Å². The highest BCUT2D eigenvalue weighted by Crippen LogP contribution is 2.22. The molecule has 0 spiro atoms. The average molecular weight is 416 g/mol. The van der Waals surface area contributed by atoms with Gasteiger partial charge in [0.25, 0.3) is 0 Å². The van der Waals surface area contributed by atoms with Crippen molar-refractivity contribution < 1.29 is 14.3 Å². The summed E-state index contributed by atoms with van der Waals surface area (Å²) in [4.78, 5) is 16.9. The Balaban J connectivity index is 1.57. The predicted molar refractivity (Wildman–Crippen MR) is 126 cm³/mol. The first-order valence-corrected chi connectivity index (χ1v) is 10.8. The number of hydrogen-bond acceptors (Lipinski definition) is 4. The van der Waals surface area contributed by atoms with E-state index in [4.69, 9.17) is 9.47 Å². The van der Waals surface area contributed by atoms with Crippen LogP contribution >= 0.6 is 0 Å². The van der Waals surface area contributed by atoms with Gasteiger partial charge in [-0.3, -0.25) is 4.99 Å². The van der Waals surface area contributed by atoms with E-state index in [2.05, 4.69) is 31.0 Å². The molecule has 3 rings (SSSR count). The Kier molecular flexibility index (Phi) is 7.99. The Morgan fingerprint density at radius 3 is 2.16 bits per heavy atom. The molecule has 0 amide bonds. The van der Waals surface area contributed by atoms with E-state index < -0.39 is 5.97 Å². The summed E-state index contributed by atoms with van der Waals surface area (Å²) in [6.07, 6.45) is 3.87. The van der Waals surface area contributed by atoms with Crippen LogP contribution in [0.25, 0.3) is 0 Å². The van der Waals surface area contributed by atoms with Crippen LogP contribution in [-0.4, -0.2) is 18.8 Å². The van der Waals surface area contributed by atoms with Gasteiger partial charge in [-0.05, 0) is 90.6 Å². The molecule has 0 radical (unpaired) electrons. The summed E-state index contributed by atoms with van der Waals surface area (Å²) in [7, 11) is 0. The normalized spacial score (nSPS) is 12.0. The summed E-state index contributed by atoms with van der Waals surface area (Å²) >= 11 is 0. The summed E-state index contributed by atoms with van der Waals surface area (Å²) < 4.78 is 11.0. The van der Waals surface area contributed by atoms with E-state index in [-0.39, 0.29) is 0 Å². The molecule has 0 saturated heterocycles. The second kappa shape index (κ2) is 11.1. The molecule has 0 aliphatic heterocycles. The molecule has 0 N–H and O–H groups in total. The summed E-state index contributed by atoms with van der Waals surface area (Å²) in [6.45, 7) is 7.12. The quantitative estimate of drug-likeness (QED) is 0.216. The van der Waals surface area contributed by atoms with E-state index in [1.807, 2.05) is 31.2 Å². The Bertz CT molecular complexity index is 990. The van der Waals surface area contributed by atoms with Gasteiger partial charge in [-0.1, -0.05) is 32.9 Å². The van der Waals surface area contributed by atoms with Crippen molar-refractivity contribution in [3.63, 3.8) is 0 Å². The van der Waals surface area contributed by atoms with Gasteiger partial charge in [0.2, 0.25) is 0 Å². The fourth-order valence-corrected chi connectivity index (χ4v) is 2.97. The highest BCUT2D eigenvalue weighted by atomic mass is 16.5. The van der Waals surface area contributed by atoms with Crippen LogP contribution in [0.3, 0.4) is 0 Å². The Morgan fingerprint density at radius 2 is 1.55 bits per heavy atom. The highest BCUT2D eigenvalue weighted by Gasteiger charge is 2.09. The van der Waals surface area contributed by atoms with Gasteiger partial charge in [-0.15, -0.1) is 0 Å². The molecule has 0 aliphatic carbocycles. The van der Waals surface area contributed by atoms with Gasteiger partial charge in [-0.2, -0.15) is 0 Å². The lowest BCUT2D eigenvalue weighted by Crippen LogP contribution is -2.08. The number of esters is 1. The van der Waals surface area contributed by atoms with Crippen molar-refractivity contribution in [2.75, 3.05) is 6.61 Å². The zero-order chi connectivity index (χ0) is 22.1. The van der Waals surface area contributed by atoms with Crippen LogP contribution in [0, 0.1) is 0 Å². The molecular weight excluding hydrogens is 386 g/mol. The summed E-state index contributed by atoms with van der Waals surface area (Å²) in [5.41, 5.74) is 3.66. The van der Waals surface area contributed by atoms with Gasteiger partial charge >= 0.3 is 5.97 Å². The first-order valence-electron chi connectivity index (χ1n) is 10.8. The minimum atomic E-state index is -0.398. The molecule has 0 bridgehead atoms. The third kappa shape index (κ3) is 6.54. The summed E-state index contributed by atoms with van der Waals surface area (Å²) in [5.74, 6) is 1.40. The van der Waals surface area contributed by atoms with E-state index in [0.717, 1.165) is 29.8 Å². The predicted octanol–water partition coefficient (Wildman–Crippen LogP) is 6.96. The Hall–Kier alpha value is -3.40. The number of ether oxygens (including phenoxy) is 2. The van der Waals surface area contributed by atoms with Crippen LogP contribution in [0.2, 0.25) is 0 Å². The molecule has 160 valence electrons.